The van der Waals surface area contributed by atoms with Gasteiger partial charge in [-0.25, -0.2) is 9.79 Å². The van der Waals surface area contributed by atoms with Crippen LogP contribution in [-0.4, -0.2) is 34.3 Å². The van der Waals surface area contributed by atoms with Crippen LogP contribution in [0.1, 0.15) is 11.3 Å². The fourth-order valence-electron chi connectivity index (χ4n) is 2.06. The minimum atomic E-state index is -0.443. The molecule has 6 nitrogen and oxygen atoms in total. The van der Waals surface area contributed by atoms with E-state index in [-0.39, 0.29) is 5.69 Å². The van der Waals surface area contributed by atoms with Crippen molar-refractivity contribution in [1.29, 1.82) is 0 Å². The van der Waals surface area contributed by atoms with E-state index in [1.54, 1.807) is 49.8 Å². The summed E-state index contributed by atoms with van der Waals surface area (Å²) in [6.07, 6.45) is 5.03. The highest BCUT2D eigenvalue weighted by molar-refractivity contribution is 6.30. The summed E-state index contributed by atoms with van der Waals surface area (Å²) < 4.78 is 2.44. The van der Waals surface area contributed by atoms with Gasteiger partial charge in [-0.05, 0) is 23.8 Å². The van der Waals surface area contributed by atoms with Gasteiger partial charge in [0.25, 0.3) is 5.56 Å². The summed E-state index contributed by atoms with van der Waals surface area (Å²) in [5.41, 5.74) is 0.609. The van der Waals surface area contributed by atoms with E-state index in [9.17, 15) is 9.59 Å². The number of halogens is 1. The van der Waals surface area contributed by atoms with E-state index in [1.807, 2.05) is 19.0 Å². The Balaban J connectivity index is 2.60. The quantitative estimate of drug-likeness (QED) is 0.796. The second kappa shape index (κ2) is 7.31. The Hall–Kier alpha value is -2.60. The lowest BCUT2D eigenvalue weighted by molar-refractivity contribution is 0.566. The maximum atomic E-state index is 12.4. The zero-order valence-electron chi connectivity index (χ0n) is 14.0. The molecule has 0 aliphatic carbocycles. The van der Waals surface area contributed by atoms with Crippen molar-refractivity contribution < 1.29 is 0 Å². The third kappa shape index (κ3) is 3.83. The molecule has 0 amide bonds. The van der Waals surface area contributed by atoms with Gasteiger partial charge in [0.2, 0.25) is 0 Å². The summed E-state index contributed by atoms with van der Waals surface area (Å²) in [5, 5.41) is 0.625. The zero-order chi connectivity index (χ0) is 17.9. The molecular formula is C17H19ClN4O2. The molecule has 0 spiro atoms. The standard InChI is InChI=1S/C17H19ClN4O2/c1-20(2)10-9-14-15(16(23)22(4)17(24)21(14)3)19-11-12-5-7-13(18)8-6-12/h5-11H,1-4H3/b10-9+,19-11?. The van der Waals surface area contributed by atoms with Gasteiger partial charge in [0.15, 0.2) is 5.69 Å². The smallest absolute Gasteiger partial charge is 0.331 e. The number of hydrogen-bond donors (Lipinski definition) is 0. The molecule has 2 rings (SSSR count). The molecule has 126 valence electrons. The van der Waals surface area contributed by atoms with Crippen molar-refractivity contribution in [3.8, 4) is 0 Å². The van der Waals surface area contributed by atoms with Crippen LogP contribution < -0.4 is 11.2 Å². The van der Waals surface area contributed by atoms with Crippen LogP contribution in [0.4, 0.5) is 5.69 Å². The Kier molecular flexibility index (Phi) is 5.41. The Labute approximate surface area is 144 Å². The summed E-state index contributed by atoms with van der Waals surface area (Å²) in [6, 6.07) is 7.09. The summed E-state index contributed by atoms with van der Waals surface area (Å²) in [7, 11) is 6.75. The van der Waals surface area contributed by atoms with Crippen LogP contribution in [0.5, 0.6) is 0 Å². The number of rotatable bonds is 4. The summed E-state index contributed by atoms with van der Waals surface area (Å²) >= 11 is 5.86. The summed E-state index contributed by atoms with van der Waals surface area (Å²) in [6.45, 7) is 0. The molecule has 2 aromatic rings. The van der Waals surface area contributed by atoms with Gasteiger partial charge in [0.1, 0.15) is 0 Å². The maximum Gasteiger partial charge on any atom is 0.331 e. The molecule has 0 aliphatic rings. The van der Waals surface area contributed by atoms with Gasteiger partial charge in [0, 0.05) is 45.6 Å². The van der Waals surface area contributed by atoms with E-state index < -0.39 is 11.2 Å². The van der Waals surface area contributed by atoms with Crippen LogP contribution in [-0.2, 0) is 14.1 Å². The van der Waals surface area contributed by atoms with Gasteiger partial charge < -0.3 is 4.90 Å². The molecule has 0 bridgehead atoms. The predicted octanol–water partition coefficient (Wildman–Crippen LogP) is 2.02. The van der Waals surface area contributed by atoms with Crippen molar-refractivity contribution in [2.75, 3.05) is 14.1 Å². The van der Waals surface area contributed by atoms with Crippen LogP contribution in [0, 0.1) is 0 Å². The third-order valence-corrected chi connectivity index (χ3v) is 3.68. The number of hydrogen-bond acceptors (Lipinski definition) is 4. The first-order valence-corrected chi connectivity index (χ1v) is 7.63. The average molecular weight is 347 g/mol. The van der Waals surface area contributed by atoms with E-state index in [2.05, 4.69) is 4.99 Å². The molecule has 0 saturated heterocycles. The lowest BCUT2D eigenvalue weighted by Gasteiger charge is -2.11. The summed E-state index contributed by atoms with van der Waals surface area (Å²) in [4.78, 5) is 30.7. The summed E-state index contributed by atoms with van der Waals surface area (Å²) in [5.74, 6) is 0. The normalized spacial score (nSPS) is 11.5. The van der Waals surface area contributed by atoms with Crippen molar-refractivity contribution in [2.24, 2.45) is 19.1 Å². The monoisotopic (exact) mass is 346 g/mol. The third-order valence-electron chi connectivity index (χ3n) is 3.43. The van der Waals surface area contributed by atoms with Gasteiger partial charge in [-0.15, -0.1) is 0 Å². The van der Waals surface area contributed by atoms with Crippen molar-refractivity contribution in [2.45, 2.75) is 0 Å². The first-order valence-electron chi connectivity index (χ1n) is 7.25. The molecule has 1 heterocycles. The molecule has 7 heteroatoms. The van der Waals surface area contributed by atoms with Crippen LogP contribution >= 0.6 is 11.6 Å². The Morgan fingerprint density at radius 3 is 2.29 bits per heavy atom. The number of aromatic nitrogens is 2. The van der Waals surface area contributed by atoms with Crippen LogP contribution in [0.25, 0.3) is 6.08 Å². The number of benzene rings is 1. The van der Waals surface area contributed by atoms with E-state index >= 15 is 0 Å². The highest BCUT2D eigenvalue weighted by atomic mass is 35.5. The maximum absolute atomic E-state index is 12.4. The van der Waals surface area contributed by atoms with Gasteiger partial charge in [0.05, 0.1) is 5.69 Å². The Morgan fingerprint density at radius 1 is 1.08 bits per heavy atom. The van der Waals surface area contributed by atoms with Crippen LogP contribution in [0.15, 0.2) is 45.0 Å². The lowest BCUT2D eigenvalue weighted by atomic mass is 10.2. The fraction of sp³-hybridized carbons (Fsp3) is 0.235. The van der Waals surface area contributed by atoms with Gasteiger partial charge in [-0.1, -0.05) is 23.7 Å². The van der Waals surface area contributed by atoms with Crippen LogP contribution in [0.3, 0.4) is 0 Å². The van der Waals surface area contributed by atoms with E-state index in [4.69, 9.17) is 11.6 Å². The van der Waals surface area contributed by atoms with Gasteiger partial charge >= 0.3 is 5.69 Å². The first-order chi connectivity index (χ1) is 11.3. The number of aliphatic imine (C=N–C) groups is 1. The van der Waals surface area contributed by atoms with Crippen molar-refractivity contribution in [3.63, 3.8) is 0 Å². The van der Waals surface area contributed by atoms with Crippen molar-refractivity contribution in [1.82, 2.24) is 14.0 Å². The topological polar surface area (TPSA) is 59.6 Å². The second-order valence-corrected chi connectivity index (χ2v) is 5.97. The highest BCUT2D eigenvalue weighted by Gasteiger charge is 2.12. The minimum absolute atomic E-state index is 0.202. The molecule has 24 heavy (non-hydrogen) atoms. The van der Waals surface area contributed by atoms with Crippen molar-refractivity contribution >= 4 is 29.6 Å². The lowest BCUT2D eigenvalue weighted by Crippen LogP contribution is -2.37. The molecule has 0 radical (unpaired) electrons. The minimum Gasteiger partial charge on any atom is -0.383 e. The fourth-order valence-corrected chi connectivity index (χ4v) is 2.19. The molecule has 0 saturated carbocycles. The van der Waals surface area contributed by atoms with Crippen LogP contribution in [0.2, 0.25) is 5.02 Å². The van der Waals surface area contributed by atoms with Crippen molar-refractivity contribution in [3.05, 3.63) is 67.6 Å². The molecule has 0 unspecified atom stereocenters. The molecule has 0 N–H and O–H groups in total. The number of nitrogens with zero attached hydrogens (tertiary/aromatic N) is 4. The molecule has 0 fully saturated rings. The van der Waals surface area contributed by atoms with E-state index in [1.165, 1.54) is 11.6 Å². The highest BCUT2D eigenvalue weighted by Crippen LogP contribution is 2.15. The second-order valence-electron chi connectivity index (χ2n) is 5.53. The average Bonchev–Trinajstić information content (AvgIpc) is 2.55. The van der Waals surface area contributed by atoms with Gasteiger partial charge in [-0.3, -0.25) is 13.9 Å². The van der Waals surface area contributed by atoms with E-state index in [0.29, 0.717) is 10.7 Å². The Bertz CT molecular complexity index is 906. The molecule has 0 atom stereocenters. The predicted molar refractivity (Wildman–Crippen MR) is 98.4 cm³/mol. The molecular weight excluding hydrogens is 328 g/mol. The molecule has 0 aliphatic heterocycles. The SMILES string of the molecule is CN(C)/C=C/c1c(N=Cc2ccc(Cl)cc2)c(=O)n(C)c(=O)n1C. The van der Waals surface area contributed by atoms with E-state index in [0.717, 1.165) is 10.1 Å². The largest absolute Gasteiger partial charge is 0.383 e. The molecule has 1 aromatic carbocycles. The first kappa shape index (κ1) is 17.7. The molecule has 1 aromatic heterocycles. The zero-order valence-corrected chi connectivity index (χ0v) is 14.8. The van der Waals surface area contributed by atoms with Gasteiger partial charge in [-0.2, -0.15) is 0 Å². The Morgan fingerprint density at radius 2 is 1.71 bits per heavy atom.